The molecule has 9 nitrogen and oxygen atoms in total. The van der Waals surface area contributed by atoms with Crippen molar-refractivity contribution in [3.8, 4) is 5.75 Å². The predicted molar refractivity (Wildman–Crippen MR) is 140 cm³/mol. The number of nitrogens with zero attached hydrogens (tertiary/aromatic N) is 2. The molecule has 2 saturated heterocycles. The van der Waals surface area contributed by atoms with Crippen molar-refractivity contribution < 1.29 is 19.1 Å². The van der Waals surface area contributed by atoms with Crippen LogP contribution in [0, 0.1) is 0 Å². The van der Waals surface area contributed by atoms with Crippen LogP contribution in [-0.2, 0) is 16.2 Å². The van der Waals surface area contributed by atoms with Gasteiger partial charge in [0, 0.05) is 49.5 Å². The molecule has 2 aromatic carbocycles. The number of rotatable bonds is 6. The van der Waals surface area contributed by atoms with Crippen LogP contribution in [0.15, 0.2) is 54.6 Å². The molecule has 9 heteroatoms. The normalized spacial score (nSPS) is 21.7. The number of aromatic nitrogens is 1. The Labute approximate surface area is 216 Å². The van der Waals surface area contributed by atoms with Crippen LogP contribution in [0.5, 0.6) is 5.75 Å². The highest BCUT2D eigenvalue weighted by Crippen LogP contribution is 2.24. The Morgan fingerprint density at radius 3 is 2.62 bits per heavy atom. The molecule has 3 atom stereocenters. The molecule has 3 heterocycles. The molecule has 0 aliphatic carbocycles. The van der Waals surface area contributed by atoms with Gasteiger partial charge in [0.25, 0.3) is 5.91 Å². The van der Waals surface area contributed by atoms with Crippen LogP contribution in [0.25, 0.3) is 10.9 Å². The van der Waals surface area contributed by atoms with Crippen LogP contribution >= 0.6 is 0 Å². The number of aromatic amines is 1. The Balaban J connectivity index is 1.27. The van der Waals surface area contributed by atoms with Crippen LogP contribution in [0.4, 0.5) is 0 Å². The van der Waals surface area contributed by atoms with Crippen LogP contribution in [0.3, 0.4) is 0 Å². The van der Waals surface area contributed by atoms with E-state index >= 15 is 0 Å². The second-order valence-electron chi connectivity index (χ2n) is 9.94. The summed E-state index contributed by atoms with van der Waals surface area (Å²) >= 11 is 0. The second-order valence-corrected chi connectivity index (χ2v) is 9.94. The quantitative estimate of drug-likeness (QED) is 0.479. The van der Waals surface area contributed by atoms with Gasteiger partial charge in [-0.05, 0) is 43.2 Å². The highest BCUT2D eigenvalue weighted by atomic mass is 16.5. The van der Waals surface area contributed by atoms with E-state index < -0.39 is 6.04 Å². The number of H-pyrrole nitrogens is 1. The summed E-state index contributed by atoms with van der Waals surface area (Å²) in [5.74, 6) is 0.140. The smallest absolute Gasteiger partial charge is 0.270 e. The number of fused-ring (bicyclic) bond motifs is 1. The molecule has 2 aliphatic heterocycles. The number of hydrogen-bond donors (Lipinski definition) is 3. The number of amides is 3. The molecule has 0 bridgehead atoms. The van der Waals surface area contributed by atoms with Gasteiger partial charge in [0.05, 0.1) is 6.54 Å². The van der Waals surface area contributed by atoms with Crippen molar-refractivity contribution in [1.29, 1.82) is 0 Å². The molecular formula is C28H33N5O4. The van der Waals surface area contributed by atoms with Crippen LogP contribution in [0.2, 0.25) is 0 Å². The standard InChI is InChI=1S/C28H33N5O4/c1-18-12-22(15-29-18)30-27(35)26-16-32(10-11-33(26)19(2)34)28(36)25-14-21-13-23(8-9-24(21)31-25)37-17-20-6-4-3-5-7-20/h3-9,13-14,18,22,26,29,31H,10-12,15-17H2,1-2H3,(H,30,35)/t18-,22+,26-/m1/s1. The first kappa shape index (κ1) is 24.8. The highest BCUT2D eigenvalue weighted by molar-refractivity contribution is 5.99. The van der Waals surface area contributed by atoms with E-state index in [1.165, 1.54) is 6.92 Å². The van der Waals surface area contributed by atoms with Crippen molar-refractivity contribution in [2.75, 3.05) is 26.2 Å². The van der Waals surface area contributed by atoms with E-state index in [1.807, 2.05) is 54.6 Å². The summed E-state index contributed by atoms with van der Waals surface area (Å²) in [6.45, 7) is 5.54. The summed E-state index contributed by atoms with van der Waals surface area (Å²) in [6, 6.07) is 17.1. The molecule has 3 aromatic rings. The van der Waals surface area contributed by atoms with Gasteiger partial charge < -0.3 is 30.2 Å². The zero-order valence-electron chi connectivity index (χ0n) is 21.2. The van der Waals surface area contributed by atoms with E-state index in [0.717, 1.165) is 28.6 Å². The number of ether oxygens (including phenoxy) is 1. The lowest BCUT2D eigenvalue weighted by Gasteiger charge is -2.40. The Morgan fingerprint density at radius 2 is 1.89 bits per heavy atom. The fourth-order valence-electron chi connectivity index (χ4n) is 5.14. The van der Waals surface area contributed by atoms with Crippen molar-refractivity contribution in [2.45, 2.75) is 45.0 Å². The fraction of sp³-hybridized carbons (Fsp3) is 0.393. The molecule has 1 aromatic heterocycles. The average Bonchev–Trinajstić information content (AvgIpc) is 3.52. The maximum atomic E-state index is 13.4. The number of nitrogens with one attached hydrogen (secondary N) is 3. The number of carbonyl (C=O) groups excluding carboxylic acids is 3. The number of hydrogen-bond acceptors (Lipinski definition) is 5. The zero-order chi connectivity index (χ0) is 25.9. The van der Waals surface area contributed by atoms with Crippen LogP contribution in [-0.4, -0.2) is 76.8 Å². The van der Waals surface area contributed by atoms with Crippen molar-refractivity contribution in [3.63, 3.8) is 0 Å². The Morgan fingerprint density at radius 1 is 1.08 bits per heavy atom. The summed E-state index contributed by atoms with van der Waals surface area (Å²) in [7, 11) is 0. The van der Waals surface area contributed by atoms with Crippen molar-refractivity contribution >= 4 is 28.6 Å². The molecule has 37 heavy (non-hydrogen) atoms. The van der Waals surface area contributed by atoms with Crippen LogP contribution < -0.4 is 15.4 Å². The topological polar surface area (TPSA) is 107 Å². The minimum Gasteiger partial charge on any atom is -0.489 e. The molecule has 3 amide bonds. The van der Waals surface area contributed by atoms with E-state index in [2.05, 4.69) is 22.5 Å². The third-order valence-corrected chi connectivity index (χ3v) is 7.14. The summed E-state index contributed by atoms with van der Waals surface area (Å²) in [6.07, 6.45) is 0.841. The molecular weight excluding hydrogens is 470 g/mol. The first-order valence-electron chi connectivity index (χ1n) is 12.8. The Hall–Kier alpha value is -3.85. The molecule has 194 valence electrons. The third-order valence-electron chi connectivity index (χ3n) is 7.14. The minimum absolute atomic E-state index is 0.0226. The maximum Gasteiger partial charge on any atom is 0.270 e. The first-order valence-corrected chi connectivity index (χ1v) is 12.8. The molecule has 5 rings (SSSR count). The van der Waals surface area contributed by atoms with Gasteiger partial charge in [-0.2, -0.15) is 0 Å². The maximum absolute atomic E-state index is 13.4. The summed E-state index contributed by atoms with van der Waals surface area (Å²) in [5.41, 5.74) is 2.35. The molecule has 0 saturated carbocycles. The van der Waals surface area contributed by atoms with Gasteiger partial charge in [-0.1, -0.05) is 30.3 Å². The molecule has 0 radical (unpaired) electrons. The summed E-state index contributed by atoms with van der Waals surface area (Å²) in [5, 5.41) is 7.25. The van der Waals surface area contributed by atoms with Gasteiger partial charge in [-0.15, -0.1) is 0 Å². The van der Waals surface area contributed by atoms with Crippen LogP contribution in [0.1, 0.15) is 36.3 Å². The van der Waals surface area contributed by atoms with Gasteiger partial charge in [-0.25, -0.2) is 0 Å². The lowest BCUT2D eigenvalue weighted by atomic mass is 10.1. The highest BCUT2D eigenvalue weighted by Gasteiger charge is 2.37. The predicted octanol–water partition coefficient (Wildman–Crippen LogP) is 2.29. The van der Waals surface area contributed by atoms with Crippen molar-refractivity contribution in [1.82, 2.24) is 25.4 Å². The monoisotopic (exact) mass is 503 g/mol. The van der Waals surface area contributed by atoms with E-state index in [1.54, 1.807) is 9.80 Å². The third kappa shape index (κ3) is 5.61. The van der Waals surface area contributed by atoms with E-state index in [4.69, 9.17) is 4.74 Å². The molecule has 2 fully saturated rings. The summed E-state index contributed by atoms with van der Waals surface area (Å²) in [4.78, 5) is 45.2. The van der Waals surface area contributed by atoms with Gasteiger partial charge in [0.15, 0.2) is 0 Å². The van der Waals surface area contributed by atoms with Crippen molar-refractivity contribution in [2.24, 2.45) is 0 Å². The minimum atomic E-state index is -0.714. The molecule has 2 aliphatic rings. The van der Waals surface area contributed by atoms with E-state index in [0.29, 0.717) is 38.0 Å². The molecule has 0 unspecified atom stereocenters. The van der Waals surface area contributed by atoms with Gasteiger partial charge in [-0.3, -0.25) is 14.4 Å². The van der Waals surface area contributed by atoms with Gasteiger partial charge >= 0.3 is 0 Å². The fourth-order valence-corrected chi connectivity index (χ4v) is 5.14. The number of carbonyl (C=O) groups is 3. The second kappa shape index (κ2) is 10.6. The lowest BCUT2D eigenvalue weighted by Crippen LogP contribution is -2.62. The number of benzene rings is 2. The Bertz CT molecular complexity index is 1290. The van der Waals surface area contributed by atoms with Gasteiger partial charge in [0.2, 0.25) is 11.8 Å². The van der Waals surface area contributed by atoms with Gasteiger partial charge in [0.1, 0.15) is 24.1 Å². The number of piperazine rings is 1. The SMILES string of the molecule is CC(=O)N1CCN(C(=O)c2cc3cc(OCc4ccccc4)ccc3[nH]2)C[C@@H]1C(=O)N[C@@H]1CN[C@H](C)C1. The largest absolute Gasteiger partial charge is 0.489 e. The lowest BCUT2D eigenvalue weighted by molar-refractivity contribution is -0.142. The molecule has 3 N–H and O–H groups in total. The average molecular weight is 504 g/mol. The Kier molecular flexibility index (Phi) is 7.14. The zero-order valence-corrected chi connectivity index (χ0v) is 21.2. The van der Waals surface area contributed by atoms with Crippen molar-refractivity contribution in [3.05, 3.63) is 65.9 Å². The molecule has 0 spiro atoms. The van der Waals surface area contributed by atoms with E-state index in [9.17, 15) is 14.4 Å². The summed E-state index contributed by atoms with van der Waals surface area (Å²) < 4.78 is 5.93. The van der Waals surface area contributed by atoms with E-state index in [-0.39, 0.29) is 30.3 Å². The first-order chi connectivity index (χ1) is 17.9.